The molecule has 0 aliphatic carbocycles. The Morgan fingerprint density at radius 1 is 0.943 bits per heavy atom. The Morgan fingerprint density at radius 3 is 2.43 bits per heavy atom. The van der Waals surface area contributed by atoms with E-state index in [1.54, 1.807) is 48.5 Å². The molecule has 8 nitrogen and oxygen atoms in total. The van der Waals surface area contributed by atoms with Crippen LogP contribution in [0.25, 0.3) is 0 Å². The number of benzene rings is 3. The van der Waals surface area contributed by atoms with Crippen LogP contribution in [0.1, 0.15) is 23.6 Å². The molecule has 3 rings (SSSR count). The summed E-state index contributed by atoms with van der Waals surface area (Å²) in [7, 11) is 0. The molecule has 0 aliphatic rings. The highest BCUT2D eigenvalue weighted by atomic mass is 35.5. The number of anilines is 2. The number of hydrogen-bond acceptors (Lipinski definition) is 5. The minimum absolute atomic E-state index is 0.175. The van der Waals surface area contributed by atoms with Crippen molar-refractivity contribution in [1.82, 2.24) is 5.43 Å². The first kappa shape index (κ1) is 25.5. The van der Waals surface area contributed by atoms with Crippen LogP contribution in [0.3, 0.4) is 0 Å². The van der Waals surface area contributed by atoms with Gasteiger partial charge in [0.2, 0.25) is 0 Å². The molecular weight excluding hydrogens is 468 g/mol. The summed E-state index contributed by atoms with van der Waals surface area (Å²) < 4.78 is 5.50. The van der Waals surface area contributed by atoms with Crippen LogP contribution < -0.4 is 20.8 Å². The van der Waals surface area contributed by atoms with Crippen molar-refractivity contribution >= 4 is 46.9 Å². The maximum Gasteiger partial charge on any atom is 0.329 e. The van der Waals surface area contributed by atoms with Crippen LogP contribution in [0.15, 0.2) is 71.8 Å². The minimum Gasteiger partial charge on any atom is -0.484 e. The predicted molar refractivity (Wildman–Crippen MR) is 137 cm³/mol. The molecule has 0 bridgehead atoms. The molecule has 180 valence electrons. The van der Waals surface area contributed by atoms with Gasteiger partial charge in [-0.25, -0.2) is 5.43 Å². The highest BCUT2D eigenvalue weighted by molar-refractivity contribution is 6.39. The van der Waals surface area contributed by atoms with Gasteiger partial charge in [0, 0.05) is 16.4 Å². The van der Waals surface area contributed by atoms with Gasteiger partial charge >= 0.3 is 11.8 Å². The number of hydrazone groups is 1. The Hall–Kier alpha value is -4.17. The SMILES string of the molecule is CCc1ccccc1NC(=O)C(=O)N/N=C\c1ccc(OCC(=O)Nc2cc(Cl)ccc2C)cc1. The zero-order valence-corrected chi connectivity index (χ0v) is 20.1. The first-order valence-electron chi connectivity index (χ1n) is 10.9. The highest BCUT2D eigenvalue weighted by Gasteiger charge is 2.14. The smallest absolute Gasteiger partial charge is 0.329 e. The van der Waals surface area contributed by atoms with Crippen LogP contribution in [-0.2, 0) is 20.8 Å². The quantitative estimate of drug-likeness (QED) is 0.247. The Bertz CT molecular complexity index is 1240. The molecule has 0 aliphatic heterocycles. The van der Waals surface area contributed by atoms with Gasteiger partial charge in [-0.3, -0.25) is 14.4 Å². The number of aryl methyl sites for hydroxylation is 2. The van der Waals surface area contributed by atoms with Crippen molar-refractivity contribution in [2.75, 3.05) is 17.2 Å². The van der Waals surface area contributed by atoms with Crippen molar-refractivity contribution in [3.63, 3.8) is 0 Å². The summed E-state index contributed by atoms with van der Waals surface area (Å²) >= 11 is 5.96. The number of hydrogen-bond donors (Lipinski definition) is 3. The number of amides is 3. The van der Waals surface area contributed by atoms with Crippen molar-refractivity contribution in [1.29, 1.82) is 0 Å². The van der Waals surface area contributed by atoms with Crippen LogP contribution in [0.2, 0.25) is 5.02 Å². The Labute approximate surface area is 208 Å². The predicted octanol–water partition coefficient (Wildman–Crippen LogP) is 4.32. The van der Waals surface area contributed by atoms with E-state index in [0.29, 0.717) is 27.7 Å². The number of ether oxygens (including phenoxy) is 1. The van der Waals surface area contributed by atoms with E-state index in [1.807, 2.05) is 32.0 Å². The van der Waals surface area contributed by atoms with Crippen molar-refractivity contribution < 1.29 is 19.1 Å². The standard InChI is InChI=1S/C26H25ClN4O4/c1-3-19-6-4-5-7-22(19)30-25(33)26(34)31-28-15-18-9-12-21(13-10-18)35-16-24(32)29-23-14-20(27)11-8-17(23)2/h4-15H,3,16H2,1-2H3,(H,29,32)(H,30,33)(H,31,34)/b28-15-. The molecule has 3 amide bonds. The molecule has 0 spiro atoms. The molecule has 3 N–H and O–H groups in total. The fraction of sp³-hybridized carbons (Fsp3) is 0.154. The molecule has 3 aromatic carbocycles. The van der Waals surface area contributed by atoms with Crippen LogP contribution in [0.4, 0.5) is 11.4 Å². The number of nitrogens with one attached hydrogen (secondary N) is 3. The molecule has 0 unspecified atom stereocenters. The van der Waals surface area contributed by atoms with E-state index in [0.717, 1.165) is 17.5 Å². The van der Waals surface area contributed by atoms with Crippen LogP contribution in [0.5, 0.6) is 5.75 Å². The van der Waals surface area contributed by atoms with Gasteiger partial charge in [-0.05, 0) is 72.5 Å². The first-order valence-corrected chi connectivity index (χ1v) is 11.2. The van der Waals surface area contributed by atoms with Gasteiger partial charge in [-0.1, -0.05) is 42.8 Å². The number of para-hydroxylation sites is 1. The number of halogens is 1. The average molecular weight is 493 g/mol. The van der Waals surface area contributed by atoms with Crippen molar-refractivity contribution in [3.8, 4) is 5.75 Å². The summed E-state index contributed by atoms with van der Waals surface area (Å²) in [5, 5.41) is 9.68. The highest BCUT2D eigenvalue weighted by Crippen LogP contribution is 2.20. The van der Waals surface area contributed by atoms with Crippen molar-refractivity contribution in [3.05, 3.63) is 88.4 Å². The molecule has 0 saturated heterocycles. The van der Waals surface area contributed by atoms with Gasteiger partial charge in [-0.15, -0.1) is 0 Å². The van der Waals surface area contributed by atoms with E-state index in [9.17, 15) is 14.4 Å². The largest absolute Gasteiger partial charge is 0.484 e. The van der Waals surface area contributed by atoms with Gasteiger partial charge < -0.3 is 15.4 Å². The number of carbonyl (C=O) groups excluding carboxylic acids is 3. The average Bonchev–Trinajstić information content (AvgIpc) is 2.86. The molecule has 3 aromatic rings. The summed E-state index contributed by atoms with van der Waals surface area (Å²) in [6.45, 7) is 3.65. The van der Waals surface area contributed by atoms with E-state index < -0.39 is 11.8 Å². The molecule has 9 heteroatoms. The second-order valence-electron chi connectivity index (χ2n) is 7.53. The summed E-state index contributed by atoms with van der Waals surface area (Å²) in [4.78, 5) is 36.3. The van der Waals surface area contributed by atoms with E-state index in [4.69, 9.17) is 16.3 Å². The zero-order chi connectivity index (χ0) is 25.2. The monoisotopic (exact) mass is 492 g/mol. The molecule has 0 saturated carbocycles. The minimum atomic E-state index is -0.881. The van der Waals surface area contributed by atoms with E-state index in [1.165, 1.54) is 6.21 Å². The fourth-order valence-electron chi connectivity index (χ4n) is 3.06. The molecule has 0 aromatic heterocycles. The second-order valence-corrected chi connectivity index (χ2v) is 7.97. The lowest BCUT2D eigenvalue weighted by molar-refractivity contribution is -0.136. The van der Waals surface area contributed by atoms with Gasteiger partial charge in [-0.2, -0.15) is 5.10 Å². The summed E-state index contributed by atoms with van der Waals surface area (Å²) in [5.41, 5.74) is 5.89. The molecule has 0 radical (unpaired) electrons. The topological polar surface area (TPSA) is 109 Å². The number of nitrogens with zero attached hydrogens (tertiary/aromatic N) is 1. The summed E-state index contributed by atoms with van der Waals surface area (Å²) in [5.74, 6) is -1.52. The van der Waals surface area contributed by atoms with E-state index in [-0.39, 0.29) is 12.5 Å². The third-order valence-electron chi connectivity index (χ3n) is 4.96. The zero-order valence-electron chi connectivity index (χ0n) is 19.3. The lowest BCUT2D eigenvalue weighted by atomic mass is 10.1. The second kappa shape index (κ2) is 12.3. The van der Waals surface area contributed by atoms with E-state index in [2.05, 4.69) is 21.2 Å². The maximum atomic E-state index is 12.2. The van der Waals surface area contributed by atoms with Crippen molar-refractivity contribution in [2.45, 2.75) is 20.3 Å². The maximum absolute atomic E-state index is 12.2. The lowest BCUT2D eigenvalue weighted by Crippen LogP contribution is -2.32. The molecule has 0 fully saturated rings. The molecule has 0 heterocycles. The van der Waals surface area contributed by atoms with Crippen LogP contribution in [0, 0.1) is 6.92 Å². The third kappa shape index (κ3) is 7.68. The van der Waals surface area contributed by atoms with Gasteiger partial charge in [0.05, 0.1) is 6.21 Å². The number of rotatable bonds is 8. The van der Waals surface area contributed by atoms with Crippen LogP contribution in [-0.4, -0.2) is 30.5 Å². The summed E-state index contributed by atoms with van der Waals surface area (Å²) in [6, 6.07) is 19.2. The van der Waals surface area contributed by atoms with Crippen molar-refractivity contribution in [2.24, 2.45) is 5.10 Å². The molecule has 0 atom stereocenters. The Morgan fingerprint density at radius 2 is 1.69 bits per heavy atom. The summed E-state index contributed by atoms with van der Waals surface area (Å²) in [6.07, 6.45) is 2.12. The molecular formula is C26H25ClN4O4. The third-order valence-corrected chi connectivity index (χ3v) is 5.19. The molecule has 35 heavy (non-hydrogen) atoms. The Balaban J connectivity index is 1.45. The van der Waals surface area contributed by atoms with Gasteiger partial charge in [0.15, 0.2) is 6.61 Å². The van der Waals surface area contributed by atoms with Gasteiger partial charge in [0.25, 0.3) is 5.91 Å². The van der Waals surface area contributed by atoms with Gasteiger partial charge in [0.1, 0.15) is 5.75 Å². The normalized spacial score (nSPS) is 10.6. The number of carbonyl (C=O) groups is 3. The lowest BCUT2D eigenvalue weighted by Gasteiger charge is -2.10. The van der Waals surface area contributed by atoms with E-state index >= 15 is 0 Å². The Kier molecular flexibility index (Phi) is 8.97. The van der Waals surface area contributed by atoms with Crippen LogP contribution >= 0.6 is 11.6 Å². The fourth-order valence-corrected chi connectivity index (χ4v) is 3.23. The first-order chi connectivity index (χ1) is 16.9.